The van der Waals surface area contributed by atoms with Crippen molar-refractivity contribution >= 4 is 32.9 Å². The van der Waals surface area contributed by atoms with Crippen molar-refractivity contribution in [1.82, 2.24) is 14.5 Å². The van der Waals surface area contributed by atoms with Gasteiger partial charge in [-0.25, -0.2) is 4.98 Å². The Morgan fingerprint density at radius 3 is 2.84 bits per heavy atom. The number of likely N-dealkylation sites (N-methyl/N-ethyl adjacent to an activating group) is 1. The molecule has 1 heterocycles. The summed E-state index contributed by atoms with van der Waals surface area (Å²) in [4.78, 5) is 19.0. The SMILES string of the molecule is COc1ccc(Br)cc1CN(C)C(=O)[C@H](C)n1cnc2ccccc21. The lowest BCUT2D eigenvalue weighted by Gasteiger charge is -2.23. The average molecular weight is 402 g/mol. The number of aromatic nitrogens is 2. The van der Waals surface area contributed by atoms with E-state index in [4.69, 9.17) is 4.74 Å². The summed E-state index contributed by atoms with van der Waals surface area (Å²) in [7, 11) is 3.44. The number of imidazole rings is 1. The van der Waals surface area contributed by atoms with E-state index >= 15 is 0 Å². The highest BCUT2D eigenvalue weighted by Gasteiger charge is 2.21. The molecule has 0 spiro atoms. The highest BCUT2D eigenvalue weighted by Crippen LogP contribution is 2.25. The first-order chi connectivity index (χ1) is 12.0. The van der Waals surface area contributed by atoms with Crippen molar-refractivity contribution in [2.75, 3.05) is 14.2 Å². The van der Waals surface area contributed by atoms with Gasteiger partial charge in [0.25, 0.3) is 0 Å². The van der Waals surface area contributed by atoms with E-state index in [2.05, 4.69) is 20.9 Å². The molecule has 0 N–H and O–H groups in total. The smallest absolute Gasteiger partial charge is 0.245 e. The summed E-state index contributed by atoms with van der Waals surface area (Å²) in [6, 6.07) is 13.3. The van der Waals surface area contributed by atoms with E-state index in [9.17, 15) is 4.79 Å². The number of amides is 1. The molecule has 5 nitrogen and oxygen atoms in total. The van der Waals surface area contributed by atoms with Crippen LogP contribution in [0, 0.1) is 0 Å². The second-order valence-corrected chi connectivity index (χ2v) is 6.88. The number of methoxy groups -OCH3 is 1. The molecule has 1 aromatic heterocycles. The van der Waals surface area contributed by atoms with Crippen LogP contribution in [0.15, 0.2) is 53.3 Å². The van der Waals surface area contributed by atoms with Gasteiger partial charge in [0.05, 0.1) is 24.5 Å². The monoisotopic (exact) mass is 401 g/mol. The molecule has 0 unspecified atom stereocenters. The zero-order valence-electron chi connectivity index (χ0n) is 14.4. The number of fused-ring (bicyclic) bond motifs is 1. The van der Waals surface area contributed by atoms with Gasteiger partial charge in [-0.2, -0.15) is 0 Å². The Bertz CT molecular complexity index is 907. The number of hydrogen-bond donors (Lipinski definition) is 0. The van der Waals surface area contributed by atoms with Gasteiger partial charge >= 0.3 is 0 Å². The van der Waals surface area contributed by atoms with E-state index in [-0.39, 0.29) is 11.9 Å². The van der Waals surface area contributed by atoms with E-state index in [1.54, 1.807) is 25.4 Å². The maximum atomic E-state index is 12.9. The zero-order chi connectivity index (χ0) is 18.0. The number of carbonyl (C=O) groups is 1. The fraction of sp³-hybridized carbons (Fsp3) is 0.263. The number of carbonyl (C=O) groups excluding carboxylic acids is 1. The van der Waals surface area contributed by atoms with Gasteiger partial charge in [0.2, 0.25) is 5.91 Å². The van der Waals surface area contributed by atoms with Crippen LogP contribution in [0.1, 0.15) is 18.5 Å². The van der Waals surface area contributed by atoms with Crippen molar-refractivity contribution in [3.63, 3.8) is 0 Å². The molecular formula is C19H20BrN3O2. The lowest BCUT2D eigenvalue weighted by atomic mass is 10.1. The van der Waals surface area contributed by atoms with Crippen LogP contribution in [0.2, 0.25) is 0 Å². The van der Waals surface area contributed by atoms with Crippen LogP contribution in [-0.2, 0) is 11.3 Å². The predicted molar refractivity (Wildman–Crippen MR) is 102 cm³/mol. The summed E-state index contributed by atoms with van der Waals surface area (Å²) in [5, 5.41) is 0. The van der Waals surface area contributed by atoms with E-state index in [0.717, 1.165) is 26.8 Å². The van der Waals surface area contributed by atoms with Gasteiger partial charge in [-0.1, -0.05) is 28.1 Å². The third kappa shape index (κ3) is 3.54. The van der Waals surface area contributed by atoms with E-state index < -0.39 is 0 Å². The molecule has 25 heavy (non-hydrogen) atoms. The molecule has 0 bridgehead atoms. The van der Waals surface area contributed by atoms with Crippen molar-refractivity contribution in [1.29, 1.82) is 0 Å². The Labute approximate surface area is 155 Å². The highest BCUT2D eigenvalue weighted by molar-refractivity contribution is 9.10. The predicted octanol–water partition coefficient (Wildman–Crippen LogP) is 4.03. The van der Waals surface area contributed by atoms with Crippen LogP contribution >= 0.6 is 15.9 Å². The summed E-state index contributed by atoms with van der Waals surface area (Å²) in [5.41, 5.74) is 2.80. The van der Waals surface area contributed by atoms with Gasteiger partial charge in [0.15, 0.2) is 0 Å². The zero-order valence-corrected chi connectivity index (χ0v) is 16.0. The second kappa shape index (κ2) is 7.27. The quantitative estimate of drug-likeness (QED) is 0.648. The standard InChI is InChI=1S/C19H20BrN3O2/c1-13(23-12-21-16-6-4-5-7-17(16)23)19(24)22(2)11-14-10-15(20)8-9-18(14)25-3/h4-10,12-13H,11H2,1-3H3/t13-/m0/s1. The van der Waals surface area contributed by atoms with E-state index in [1.165, 1.54) is 0 Å². The van der Waals surface area contributed by atoms with Crippen LogP contribution in [0.3, 0.4) is 0 Å². The number of halogens is 1. The molecule has 0 aliphatic carbocycles. The number of nitrogens with zero attached hydrogens (tertiary/aromatic N) is 3. The van der Waals surface area contributed by atoms with Gasteiger partial charge in [-0.15, -0.1) is 0 Å². The molecule has 130 valence electrons. The first-order valence-corrected chi connectivity index (χ1v) is 8.79. The number of para-hydroxylation sites is 2. The molecule has 3 rings (SSSR count). The van der Waals surface area contributed by atoms with Crippen molar-refractivity contribution in [2.45, 2.75) is 19.5 Å². The second-order valence-electron chi connectivity index (χ2n) is 5.97. The average Bonchev–Trinajstić information content (AvgIpc) is 3.04. The Balaban J connectivity index is 1.81. The molecule has 0 radical (unpaired) electrons. The van der Waals surface area contributed by atoms with E-state index in [1.807, 2.05) is 54.0 Å². The Kier molecular flexibility index (Phi) is 5.08. The lowest BCUT2D eigenvalue weighted by molar-refractivity contribution is -0.133. The minimum absolute atomic E-state index is 0.0187. The molecule has 3 aromatic rings. The first-order valence-electron chi connectivity index (χ1n) is 8.00. The fourth-order valence-electron chi connectivity index (χ4n) is 2.93. The Morgan fingerprint density at radius 2 is 2.08 bits per heavy atom. The minimum atomic E-state index is -0.337. The summed E-state index contributed by atoms with van der Waals surface area (Å²) >= 11 is 3.47. The lowest BCUT2D eigenvalue weighted by Crippen LogP contribution is -2.32. The number of rotatable bonds is 5. The Morgan fingerprint density at radius 1 is 1.32 bits per heavy atom. The first kappa shape index (κ1) is 17.5. The normalized spacial score (nSPS) is 12.2. The van der Waals surface area contributed by atoms with Crippen molar-refractivity contribution in [2.24, 2.45) is 0 Å². The maximum Gasteiger partial charge on any atom is 0.245 e. The number of hydrogen-bond acceptors (Lipinski definition) is 3. The maximum absolute atomic E-state index is 12.9. The van der Waals surface area contributed by atoms with Crippen molar-refractivity contribution in [3.8, 4) is 5.75 Å². The molecule has 0 saturated heterocycles. The molecule has 1 amide bonds. The molecular weight excluding hydrogens is 382 g/mol. The molecule has 0 aliphatic rings. The summed E-state index contributed by atoms with van der Waals surface area (Å²) in [6.45, 7) is 2.36. The van der Waals surface area contributed by atoms with Gasteiger partial charge in [0.1, 0.15) is 11.8 Å². The third-order valence-corrected chi connectivity index (χ3v) is 4.78. The highest BCUT2D eigenvalue weighted by atomic mass is 79.9. The number of ether oxygens (including phenoxy) is 1. The summed E-state index contributed by atoms with van der Waals surface area (Å²) in [6.07, 6.45) is 1.72. The van der Waals surface area contributed by atoms with Gasteiger partial charge in [0, 0.05) is 23.6 Å². The fourth-order valence-corrected chi connectivity index (χ4v) is 3.34. The Hall–Kier alpha value is -2.34. The topological polar surface area (TPSA) is 47.4 Å². The van der Waals surface area contributed by atoms with Crippen LogP contribution in [0.25, 0.3) is 11.0 Å². The molecule has 0 fully saturated rings. The van der Waals surface area contributed by atoms with Gasteiger partial charge in [-0.3, -0.25) is 4.79 Å². The van der Waals surface area contributed by atoms with Gasteiger partial charge in [-0.05, 0) is 37.3 Å². The third-order valence-electron chi connectivity index (χ3n) is 4.28. The number of benzene rings is 2. The molecule has 6 heteroatoms. The van der Waals surface area contributed by atoms with Crippen molar-refractivity contribution in [3.05, 3.63) is 58.8 Å². The molecule has 0 saturated carbocycles. The largest absolute Gasteiger partial charge is 0.496 e. The van der Waals surface area contributed by atoms with Crippen LogP contribution in [0.5, 0.6) is 5.75 Å². The van der Waals surface area contributed by atoms with Crippen LogP contribution in [0.4, 0.5) is 0 Å². The van der Waals surface area contributed by atoms with Gasteiger partial charge < -0.3 is 14.2 Å². The summed E-state index contributed by atoms with van der Waals surface area (Å²) in [5.74, 6) is 0.786. The van der Waals surface area contributed by atoms with E-state index in [0.29, 0.717) is 6.54 Å². The molecule has 0 aliphatic heterocycles. The molecule has 1 atom stereocenters. The molecule has 2 aromatic carbocycles. The van der Waals surface area contributed by atoms with Crippen LogP contribution < -0.4 is 4.74 Å². The van der Waals surface area contributed by atoms with Crippen LogP contribution in [-0.4, -0.2) is 34.5 Å². The summed E-state index contributed by atoms with van der Waals surface area (Å²) < 4.78 is 8.26. The van der Waals surface area contributed by atoms with Crippen molar-refractivity contribution < 1.29 is 9.53 Å². The minimum Gasteiger partial charge on any atom is -0.496 e.